The topological polar surface area (TPSA) is 66.8 Å². The average Bonchev–Trinajstić information content (AvgIpc) is 2.93. The number of nitrogens with zero attached hydrogens (tertiary/aromatic N) is 2. The average molecular weight is 403 g/mol. The number of amidine groups is 1. The Labute approximate surface area is 164 Å². The smallest absolute Gasteiger partial charge is 0.259 e. The normalized spacial score (nSPS) is 18.9. The van der Waals surface area contributed by atoms with E-state index in [0.29, 0.717) is 22.8 Å². The molecule has 0 saturated carbocycles. The van der Waals surface area contributed by atoms with Crippen molar-refractivity contribution in [1.29, 1.82) is 0 Å². The molecule has 7 heteroatoms. The SMILES string of the molecule is Cc1cccc(N=C2S[C@@H](C)CN2C(=O)c2cccc(CS(C)(=O)=O)c2)c1. The number of hydrogen-bond acceptors (Lipinski definition) is 5. The molecule has 1 saturated heterocycles. The second-order valence-corrected chi connectivity index (χ2v) is 10.4. The first-order valence-electron chi connectivity index (χ1n) is 8.62. The zero-order valence-electron chi connectivity index (χ0n) is 15.5. The zero-order chi connectivity index (χ0) is 19.6. The molecule has 0 aromatic heterocycles. The number of thioether (sulfide) groups is 1. The van der Waals surface area contributed by atoms with Gasteiger partial charge in [-0.2, -0.15) is 0 Å². The van der Waals surface area contributed by atoms with E-state index < -0.39 is 9.84 Å². The molecule has 1 amide bonds. The maximum Gasteiger partial charge on any atom is 0.259 e. The van der Waals surface area contributed by atoms with E-state index in [-0.39, 0.29) is 16.9 Å². The van der Waals surface area contributed by atoms with Gasteiger partial charge in [0, 0.05) is 23.6 Å². The molecule has 2 aromatic rings. The highest BCUT2D eigenvalue weighted by Crippen LogP contribution is 2.29. The second-order valence-electron chi connectivity index (χ2n) is 6.85. The minimum Gasteiger partial charge on any atom is -0.286 e. The van der Waals surface area contributed by atoms with Gasteiger partial charge in [0.15, 0.2) is 15.0 Å². The van der Waals surface area contributed by atoms with Crippen molar-refractivity contribution >= 4 is 38.4 Å². The molecule has 0 aliphatic carbocycles. The van der Waals surface area contributed by atoms with Gasteiger partial charge < -0.3 is 0 Å². The van der Waals surface area contributed by atoms with Crippen molar-refractivity contribution in [3.63, 3.8) is 0 Å². The maximum absolute atomic E-state index is 13.1. The van der Waals surface area contributed by atoms with Gasteiger partial charge in [-0.25, -0.2) is 13.4 Å². The fourth-order valence-corrected chi connectivity index (χ4v) is 4.74. The molecular weight excluding hydrogens is 380 g/mol. The van der Waals surface area contributed by atoms with Crippen LogP contribution in [0.3, 0.4) is 0 Å². The number of hydrogen-bond donors (Lipinski definition) is 0. The van der Waals surface area contributed by atoms with E-state index in [1.165, 1.54) is 6.26 Å². The minimum atomic E-state index is -3.16. The van der Waals surface area contributed by atoms with Crippen LogP contribution in [0, 0.1) is 6.92 Å². The van der Waals surface area contributed by atoms with Crippen molar-refractivity contribution in [2.45, 2.75) is 24.9 Å². The molecular formula is C20H22N2O3S2. The van der Waals surface area contributed by atoms with E-state index in [1.54, 1.807) is 40.9 Å². The first kappa shape index (κ1) is 19.6. The number of aryl methyl sites for hydroxylation is 1. The summed E-state index contributed by atoms with van der Waals surface area (Å²) in [4.78, 5) is 19.4. The quantitative estimate of drug-likeness (QED) is 0.780. The van der Waals surface area contributed by atoms with Crippen molar-refractivity contribution in [3.8, 4) is 0 Å². The van der Waals surface area contributed by atoms with Crippen molar-refractivity contribution in [3.05, 3.63) is 65.2 Å². The number of aliphatic imine (C=N–C) groups is 1. The number of carbonyl (C=O) groups is 1. The fraction of sp³-hybridized carbons (Fsp3) is 0.300. The lowest BCUT2D eigenvalue weighted by molar-refractivity contribution is 0.0855. The second kappa shape index (κ2) is 7.86. The van der Waals surface area contributed by atoms with E-state index in [9.17, 15) is 13.2 Å². The van der Waals surface area contributed by atoms with Crippen LogP contribution in [0.1, 0.15) is 28.4 Å². The highest BCUT2D eigenvalue weighted by atomic mass is 32.2. The zero-order valence-corrected chi connectivity index (χ0v) is 17.2. The van der Waals surface area contributed by atoms with Crippen LogP contribution in [0.15, 0.2) is 53.5 Å². The van der Waals surface area contributed by atoms with Crippen LogP contribution in [0.2, 0.25) is 0 Å². The Balaban J connectivity index is 1.89. The van der Waals surface area contributed by atoms with Gasteiger partial charge in [0.05, 0.1) is 11.4 Å². The van der Waals surface area contributed by atoms with Crippen LogP contribution in [-0.4, -0.2) is 42.4 Å². The Kier molecular flexibility index (Phi) is 5.72. The predicted molar refractivity (Wildman–Crippen MR) is 111 cm³/mol. The minimum absolute atomic E-state index is 0.0798. The van der Waals surface area contributed by atoms with Gasteiger partial charge in [-0.3, -0.25) is 9.69 Å². The standard InChI is InChI=1S/C20H22N2O3S2/c1-14-6-4-9-18(10-14)21-20-22(12-15(2)26-20)19(23)17-8-5-7-16(11-17)13-27(3,24)25/h4-11,15H,12-13H2,1-3H3/t15-/m0/s1. The third-order valence-electron chi connectivity index (χ3n) is 4.05. The molecule has 1 atom stereocenters. The summed E-state index contributed by atoms with van der Waals surface area (Å²) >= 11 is 1.57. The summed E-state index contributed by atoms with van der Waals surface area (Å²) in [5.41, 5.74) is 3.01. The van der Waals surface area contributed by atoms with Gasteiger partial charge >= 0.3 is 0 Å². The summed E-state index contributed by atoms with van der Waals surface area (Å²) in [6.07, 6.45) is 1.19. The van der Waals surface area contributed by atoms with Gasteiger partial charge in [0.25, 0.3) is 5.91 Å². The molecule has 0 radical (unpaired) electrons. The molecule has 1 heterocycles. The number of sulfone groups is 1. The van der Waals surface area contributed by atoms with E-state index in [0.717, 1.165) is 11.3 Å². The molecule has 1 aliphatic heterocycles. The van der Waals surface area contributed by atoms with Crippen LogP contribution in [0.5, 0.6) is 0 Å². The molecule has 27 heavy (non-hydrogen) atoms. The Morgan fingerprint density at radius 1 is 1.22 bits per heavy atom. The third-order valence-corrected chi connectivity index (χ3v) is 5.98. The summed E-state index contributed by atoms with van der Waals surface area (Å²) in [5.74, 6) is -0.239. The van der Waals surface area contributed by atoms with Crippen molar-refractivity contribution in [2.75, 3.05) is 12.8 Å². The molecule has 0 N–H and O–H groups in total. The van der Waals surface area contributed by atoms with Crippen LogP contribution in [0.4, 0.5) is 5.69 Å². The molecule has 5 nitrogen and oxygen atoms in total. The van der Waals surface area contributed by atoms with Crippen molar-refractivity contribution in [1.82, 2.24) is 4.90 Å². The lowest BCUT2D eigenvalue weighted by Gasteiger charge is -2.16. The first-order chi connectivity index (χ1) is 12.7. The molecule has 0 bridgehead atoms. The van der Waals surface area contributed by atoms with Crippen LogP contribution in [0.25, 0.3) is 0 Å². The van der Waals surface area contributed by atoms with Crippen molar-refractivity contribution in [2.24, 2.45) is 4.99 Å². The molecule has 142 valence electrons. The third kappa shape index (κ3) is 5.20. The lowest BCUT2D eigenvalue weighted by atomic mass is 10.1. The summed E-state index contributed by atoms with van der Waals surface area (Å²) < 4.78 is 23.1. The van der Waals surface area contributed by atoms with E-state index in [2.05, 4.69) is 11.9 Å². The van der Waals surface area contributed by atoms with Crippen LogP contribution < -0.4 is 0 Å². The molecule has 0 spiro atoms. The van der Waals surface area contributed by atoms with Crippen LogP contribution in [-0.2, 0) is 15.6 Å². The Bertz CT molecular complexity index is 1000. The predicted octanol–water partition coefficient (Wildman–Crippen LogP) is 3.80. The van der Waals surface area contributed by atoms with Gasteiger partial charge in [0.2, 0.25) is 0 Å². The summed E-state index contributed by atoms with van der Waals surface area (Å²) in [6, 6.07) is 14.7. The van der Waals surface area contributed by atoms with Gasteiger partial charge in [-0.05, 0) is 42.3 Å². The summed E-state index contributed by atoms with van der Waals surface area (Å²) in [5, 5.41) is 0.920. The Morgan fingerprint density at radius 2 is 1.96 bits per heavy atom. The van der Waals surface area contributed by atoms with Gasteiger partial charge in [-0.1, -0.05) is 43.0 Å². The fourth-order valence-electron chi connectivity index (χ4n) is 2.93. The molecule has 1 aliphatic rings. The summed E-state index contributed by atoms with van der Waals surface area (Å²) in [7, 11) is -3.16. The van der Waals surface area contributed by atoms with E-state index in [4.69, 9.17) is 0 Å². The number of carbonyl (C=O) groups excluding carboxylic acids is 1. The number of rotatable bonds is 4. The van der Waals surface area contributed by atoms with Crippen LogP contribution >= 0.6 is 11.8 Å². The maximum atomic E-state index is 13.1. The first-order valence-corrected chi connectivity index (χ1v) is 11.6. The molecule has 2 aromatic carbocycles. The Hall–Kier alpha value is -2.12. The van der Waals surface area contributed by atoms with E-state index >= 15 is 0 Å². The highest BCUT2D eigenvalue weighted by molar-refractivity contribution is 8.14. The largest absolute Gasteiger partial charge is 0.286 e. The molecule has 0 unspecified atom stereocenters. The molecule has 3 rings (SSSR count). The number of benzene rings is 2. The summed E-state index contributed by atoms with van der Waals surface area (Å²) in [6.45, 7) is 4.64. The lowest BCUT2D eigenvalue weighted by Crippen LogP contribution is -2.32. The van der Waals surface area contributed by atoms with Gasteiger partial charge in [-0.15, -0.1) is 0 Å². The van der Waals surface area contributed by atoms with E-state index in [1.807, 2.05) is 31.2 Å². The Morgan fingerprint density at radius 3 is 2.67 bits per heavy atom. The molecule has 1 fully saturated rings. The monoisotopic (exact) mass is 402 g/mol. The number of amides is 1. The van der Waals surface area contributed by atoms with Gasteiger partial charge in [0.1, 0.15) is 0 Å². The highest BCUT2D eigenvalue weighted by Gasteiger charge is 2.31. The van der Waals surface area contributed by atoms with Crippen molar-refractivity contribution < 1.29 is 13.2 Å².